The molecule has 0 aromatic heterocycles. The number of fused-ring (bicyclic) bond motifs is 1. The molecule has 0 radical (unpaired) electrons. The number of nitrogens with zero attached hydrogens (tertiary/aromatic N) is 1. The monoisotopic (exact) mass is 327 g/mol. The fourth-order valence-electron chi connectivity index (χ4n) is 2.31. The molecule has 2 rings (SSSR count). The molecule has 0 unspecified atom stereocenters. The van der Waals surface area contributed by atoms with Crippen LogP contribution in [0.25, 0.3) is 0 Å². The molecule has 0 spiro atoms. The predicted molar refractivity (Wildman–Crippen MR) is 76.2 cm³/mol. The molecule has 0 saturated heterocycles. The molecule has 0 saturated carbocycles. The van der Waals surface area contributed by atoms with Gasteiger partial charge in [-0.1, -0.05) is 15.9 Å². The molecule has 4 nitrogen and oxygen atoms in total. The molecule has 0 N–H and O–H groups in total. The van der Waals surface area contributed by atoms with Crippen LogP contribution in [0.4, 0.5) is 0 Å². The summed E-state index contributed by atoms with van der Waals surface area (Å²) in [7, 11) is 3.17. The first kappa shape index (κ1) is 14.5. The molecule has 1 aromatic rings. The average Bonchev–Trinajstić information content (AvgIpc) is 2.56. The molecule has 1 aromatic carbocycles. The maximum atomic E-state index is 12.5. The minimum atomic E-state index is -0.374. The van der Waals surface area contributed by atoms with Crippen molar-refractivity contribution < 1.29 is 14.3 Å². The van der Waals surface area contributed by atoms with Crippen LogP contribution < -0.4 is 0 Å². The van der Waals surface area contributed by atoms with E-state index in [0.29, 0.717) is 6.54 Å². The summed E-state index contributed by atoms with van der Waals surface area (Å²) in [4.78, 5) is 14.3. The van der Waals surface area contributed by atoms with Crippen molar-refractivity contribution in [1.29, 1.82) is 0 Å². The van der Waals surface area contributed by atoms with Crippen LogP contribution in [0.3, 0.4) is 0 Å². The zero-order valence-corrected chi connectivity index (χ0v) is 12.8. The highest BCUT2D eigenvalue weighted by Crippen LogP contribution is 2.23. The smallest absolute Gasteiger partial charge is 0.254 e. The van der Waals surface area contributed by atoms with Crippen LogP contribution in [0.5, 0.6) is 0 Å². The lowest BCUT2D eigenvalue weighted by atomic mass is 10.0. The Balaban J connectivity index is 2.21. The van der Waals surface area contributed by atoms with Crippen LogP contribution in [0, 0.1) is 0 Å². The summed E-state index contributed by atoms with van der Waals surface area (Å²) in [6.07, 6.45) is 1.50. The molecular weight excluding hydrogens is 310 g/mol. The van der Waals surface area contributed by atoms with Crippen molar-refractivity contribution in [1.82, 2.24) is 4.90 Å². The molecular formula is C14H18BrNO3. The largest absolute Gasteiger partial charge is 0.354 e. The van der Waals surface area contributed by atoms with Crippen molar-refractivity contribution >= 4 is 21.8 Å². The zero-order valence-electron chi connectivity index (χ0n) is 11.2. The third-order valence-corrected chi connectivity index (χ3v) is 3.85. The Hall–Kier alpha value is -0.910. The van der Waals surface area contributed by atoms with Crippen molar-refractivity contribution in [3.63, 3.8) is 0 Å². The minimum Gasteiger partial charge on any atom is -0.354 e. The number of halogens is 1. The maximum Gasteiger partial charge on any atom is 0.254 e. The lowest BCUT2D eigenvalue weighted by Crippen LogP contribution is -2.39. The normalized spacial score (nSPS) is 15.6. The van der Waals surface area contributed by atoms with Crippen LogP contribution in [0.1, 0.15) is 22.3 Å². The van der Waals surface area contributed by atoms with Gasteiger partial charge in [-0.15, -0.1) is 0 Å². The SMILES string of the molecule is COC(CN1CCCc2cc(Br)ccc2C1=O)OC. The third kappa shape index (κ3) is 3.35. The van der Waals surface area contributed by atoms with E-state index in [4.69, 9.17) is 9.47 Å². The van der Waals surface area contributed by atoms with E-state index in [1.54, 1.807) is 19.1 Å². The summed E-state index contributed by atoms with van der Waals surface area (Å²) in [5, 5.41) is 0. The highest BCUT2D eigenvalue weighted by molar-refractivity contribution is 9.10. The summed E-state index contributed by atoms with van der Waals surface area (Å²) < 4.78 is 11.4. The van der Waals surface area contributed by atoms with Crippen LogP contribution in [-0.4, -0.2) is 44.4 Å². The third-order valence-electron chi connectivity index (χ3n) is 3.35. The van der Waals surface area contributed by atoms with Gasteiger partial charge in [0, 0.05) is 30.8 Å². The molecule has 1 amide bonds. The van der Waals surface area contributed by atoms with E-state index < -0.39 is 0 Å². The number of ether oxygens (including phenoxy) is 2. The first-order valence-corrected chi connectivity index (χ1v) is 7.08. The minimum absolute atomic E-state index is 0.0547. The zero-order chi connectivity index (χ0) is 13.8. The maximum absolute atomic E-state index is 12.5. The van der Waals surface area contributed by atoms with Gasteiger partial charge < -0.3 is 14.4 Å². The molecule has 5 heteroatoms. The lowest BCUT2D eigenvalue weighted by molar-refractivity contribution is -0.112. The van der Waals surface area contributed by atoms with Gasteiger partial charge in [0.25, 0.3) is 5.91 Å². The molecule has 1 aliphatic heterocycles. The molecule has 19 heavy (non-hydrogen) atoms. The summed E-state index contributed by atoms with van der Waals surface area (Å²) in [6.45, 7) is 1.19. The van der Waals surface area contributed by atoms with E-state index in [2.05, 4.69) is 15.9 Å². The van der Waals surface area contributed by atoms with E-state index in [1.807, 2.05) is 18.2 Å². The Labute approximate surface area is 121 Å². The topological polar surface area (TPSA) is 38.8 Å². The van der Waals surface area contributed by atoms with Gasteiger partial charge in [-0.25, -0.2) is 0 Å². The number of carbonyl (C=O) groups is 1. The molecule has 0 atom stereocenters. The van der Waals surface area contributed by atoms with E-state index in [-0.39, 0.29) is 12.2 Å². The van der Waals surface area contributed by atoms with Gasteiger partial charge in [0.2, 0.25) is 0 Å². The van der Waals surface area contributed by atoms with Gasteiger partial charge in [-0.2, -0.15) is 0 Å². The fraction of sp³-hybridized carbons (Fsp3) is 0.500. The highest BCUT2D eigenvalue weighted by Gasteiger charge is 2.24. The molecule has 0 fully saturated rings. The first-order valence-electron chi connectivity index (χ1n) is 6.29. The van der Waals surface area contributed by atoms with E-state index in [1.165, 1.54) is 0 Å². The quantitative estimate of drug-likeness (QED) is 0.797. The molecule has 1 heterocycles. The average molecular weight is 328 g/mol. The molecule has 0 bridgehead atoms. The van der Waals surface area contributed by atoms with Crippen LogP contribution >= 0.6 is 15.9 Å². The number of amides is 1. The summed E-state index contributed by atoms with van der Waals surface area (Å²) in [5.74, 6) is 0.0547. The van der Waals surface area contributed by atoms with Crippen molar-refractivity contribution in [2.75, 3.05) is 27.3 Å². The van der Waals surface area contributed by atoms with Gasteiger partial charge in [-0.05, 0) is 36.6 Å². The van der Waals surface area contributed by atoms with E-state index in [9.17, 15) is 4.79 Å². The predicted octanol–water partition coefficient (Wildman–Crippen LogP) is 2.46. The number of rotatable bonds is 4. The van der Waals surface area contributed by atoms with Gasteiger partial charge in [0.15, 0.2) is 6.29 Å². The number of benzene rings is 1. The Morgan fingerprint density at radius 2 is 2.11 bits per heavy atom. The Morgan fingerprint density at radius 3 is 2.79 bits per heavy atom. The number of hydrogen-bond donors (Lipinski definition) is 0. The first-order chi connectivity index (χ1) is 9.15. The van der Waals surface area contributed by atoms with Crippen LogP contribution in [-0.2, 0) is 15.9 Å². The van der Waals surface area contributed by atoms with Gasteiger partial charge in [0.05, 0.1) is 6.54 Å². The Kier molecular flexibility index (Phi) is 4.96. The number of hydrogen-bond acceptors (Lipinski definition) is 3. The second-order valence-corrected chi connectivity index (χ2v) is 5.47. The fourth-order valence-corrected chi connectivity index (χ4v) is 2.72. The number of methoxy groups -OCH3 is 2. The number of carbonyl (C=O) groups excluding carboxylic acids is 1. The Morgan fingerprint density at radius 1 is 1.37 bits per heavy atom. The van der Waals surface area contributed by atoms with E-state index in [0.717, 1.165) is 35.0 Å². The summed E-state index contributed by atoms with van der Waals surface area (Å²) in [5.41, 5.74) is 1.89. The van der Waals surface area contributed by atoms with Gasteiger partial charge in [0.1, 0.15) is 0 Å². The molecule has 1 aliphatic rings. The molecule has 104 valence electrons. The van der Waals surface area contributed by atoms with Crippen LogP contribution in [0.15, 0.2) is 22.7 Å². The summed E-state index contributed by atoms with van der Waals surface area (Å²) >= 11 is 3.45. The lowest BCUT2D eigenvalue weighted by Gasteiger charge is -2.25. The summed E-state index contributed by atoms with van der Waals surface area (Å²) in [6, 6.07) is 5.82. The van der Waals surface area contributed by atoms with Crippen molar-refractivity contribution in [3.8, 4) is 0 Å². The van der Waals surface area contributed by atoms with Crippen molar-refractivity contribution in [3.05, 3.63) is 33.8 Å². The van der Waals surface area contributed by atoms with Crippen LogP contribution in [0.2, 0.25) is 0 Å². The standard InChI is InChI=1S/C14H18BrNO3/c1-18-13(19-2)9-16-7-3-4-10-8-11(15)5-6-12(10)14(16)17/h5-6,8,13H,3-4,7,9H2,1-2H3. The molecule has 0 aliphatic carbocycles. The van der Waals surface area contributed by atoms with Gasteiger partial charge in [-0.3, -0.25) is 4.79 Å². The van der Waals surface area contributed by atoms with Gasteiger partial charge >= 0.3 is 0 Å². The second-order valence-electron chi connectivity index (χ2n) is 4.56. The van der Waals surface area contributed by atoms with E-state index >= 15 is 0 Å². The second kappa shape index (κ2) is 6.50. The Bertz CT molecular complexity index is 460. The van der Waals surface area contributed by atoms with Crippen molar-refractivity contribution in [2.45, 2.75) is 19.1 Å². The van der Waals surface area contributed by atoms with Crippen molar-refractivity contribution in [2.24, 2.45) is 0 Å². The number of aryl methyl sites for hydroxylation is 1. The highest BCUT2D eigenvalue weighted by atomic mass is 79.9.